The van der Waals surface area contributed by atoms with Gasteiger partial charge in [-0.2, -0.15) is 5.10 Å². The van der Waals surface area contributed by atoms with E-state index in [9.17, 15) is 0 Å². The summed E-state index contributed by atoms with van der Waals surface area (Å²) in [4.78, 5) is 2.36. The van der Waals surface area contributed by atoms with Crippen LogP contribution in [0.15, 0.2) is 40.4 Å². The molecule has 2 aromatic rings. The van der Waals surface area contributed by atoms with Gasteiger partial charge < -0.3 is 5.73 Å². The van der Waals surface area contributed by atoms with E-state index in [-0.39, 0.29) is 0 Å². The van der Waals surface area contributed by atoms with Gasteiger partial charge in [0.25, 0.3) is 0 Å². The molecule has 0 unspecified atom stereocenters. The lowest BCUT2D eigenvalue weighted by Crippen LogP contribution is -1.86. The van der Waals surface area contributed by atoms with E-state index in [1.807, 2.05) is 37.6 Å². The van der Waals surface area contributed by atoms with E-state index < -0.39 is 0 Å². The standard InChI is InChI=1S/C11H13N3S/c1-8-5-9(12)3-4-11(8)15-10-6-13-14(2)7-10/h3-7H,12H2,1-2H3. The highest BCUT2D eigenvalue weighted by Crippen LogP contribution is 2.30. The Balaban J connectivity index is 2.24. The molecule has 0 bridgehead atoms. The molecule has 1 heterocycles. The maximum Gasteiger partial charge on any atom is 0.0629 e. The molecule has 1 aromatic carbocycles. The van der Waals surface area contributed by atoms with Crippen molar-refractivity contribution in [1.29, 1.82) is 0 Å². The molecule has 2 N–H and O–H groups in total. The molecule has 1 aromatic heterocycles. The van der Waals surface area contributed by atoms with Gasteiger partial charge in [0.1, 0.15) is 0 Å². The van der Waals surface area contributed by atoms with Gasteiger partial charge in [-0.3, -0.25) is 4.68 Å². The molecule has 0 aliphatic heterocycles. The maximum absolute atomic E-state index is 5.70. The van der Waals surface area contributed by atoms with Crippen LogP contribution < -0.4 is 5.73 Å². The van der Waals surface area contributed by atoms with Crippen LogP contribution in [0.25, 0.3) is 0 Å². The van der Waals surface area contributed by atoms with Gasteiger partial charge in [-0.15, -0.1) is 0 Å². The average molecular weight is 219 g/mol. The second kappa shape index (κ2) is 3.98. The molecule has 0 amide bonds. The minimum absolute atomic E-state index is 0.808. The normalized spacial score (nSPS) is 10.5. The monoisotopic (exact) mass is 219 g/mol. The van der Waals surface area contributed by atoms with Crippen LogP contribution in [-0.4, -0.2) is 9.78 Å². The van der Waals surface area contributed by atoms with Crippen molar-refractivity contribution >= 4 is 17.4 Å². The number of rotatable bonds is 2. The van der Waals surface area contributed by atoms with Crippen LogP contribution in [-0.2, 0) is 7.05 Å². The fourth-order valence-electron chi connectivity index (χ4n) is 1.37. The van der Waals surface area contributed by atoms with Crippen LogP contribution in [0, 0.1) is 6.92 Å². The number of nitrogens with zero attached hydrogens (tertiary/aromatic N) is 2. The molecule has 0 atom stereocenters. The average Bonchev–Trinajstić information content (AvgIpc) is 2.56. The van der Waals surface area contributed by atoms with Crippen molar-refractivity contribution in [1.82, 2.24) is 9.78 Å². The van der Waals surface area contributed by atoms with Crippen molar-refractivity contribution in [2.45, 2.75) is 16.7 Å². The summed E-state index contributed by atoms with van der Waals surface area (Å²) in [5, 5.41) is 4.13. The summed E-state index contributed by atoms with van der Waals surface area (Å²) < 4.78 is 1.80. The zero-order valence-electron chi connectivity index (χ0n) is 8.77. The van der Waals surface area contributed by atoms with E-state index >= 15 is 0 Å². The maximum atomic E-state index is 5.70. The first-order valence-corrected chi connectivity index (χ1v) is 5.49. The molecule has 3 nitrogen and oxygen atoms in total. The van der Waals surface area contributed by atoms with E-state index in [4.69, 9.17) is 5.73 Å². The summed E-state index contributed by atoms with van der Waals surface area (Å²) in [6.45, 7) is 2.06. The lowest BCUT2D eigenvalue weighted by atomic mass is 10.2. The van der Waals surface area contributed by atoms with Gasteiger partial charge in [0, 0.05) is 23.8 Å². The fourth-order valence-corrected chi connectivity index (χ4v) is 2.28. The van der Waals surface area contributed by atoms with Gasteiger partial charge in [-0.25, -0.2) is 0 Å². The summed E-state index contributed by atoms with van der Waals surface area (Å²) in [6, 6.07) is 5.95. The molecule has 0 spiro atoms. The van der Waals surface area contributed by atoms with Crippen molar-refractivity contribution in [2.24, 2.45) is 7.05 Å². The topological polar surface area (TPSA) is 43.8 Å². The predicted molar refractivity (Wildman–Crippen MR) is 62.9 cm³/mol. The molecular weight excluding hydrogens is 206 g/mol. The van der Waals surface area contributed by atoms with E-state index in [1.54, 1.807) is 16.4 Å². The first-order valence-electron chi connectivity index (χ1n) is 4.68. The quantitative estimate of drug-likeness (QED) is 0.789. The third-order valence-electron chi connectivity index (χ3n) is 2.11. The zero-order chi connectivity index (χ0) is 10.8. The van der Waals surface area contributed by atoms with Crippen molar-refractivity contribution in [2.75, 3.05) is 5.73 Å². The molecular formula is C11H13N3S. The number of nitrogens with two attached hydrogens (primary N) is 1. The summed E-state index contributed by atoms with van der Waals surface area (Å²) in [5.41, 5.74) is 7.71. The highest BCUT2D eigenvalue weighted by Gasteiger charge is 2.02. The molecule has 0 fully saturated rings. The second-order valence-corrected chi connectivity index (χ2v) is 4.59. The fraction of sp³-hybridized carbons (Fsp3) is 0.182. The minimum Gasteiger partial charge on any atom is -0.399 e. The number of aromatic nitrogens is 2. The smallest absolute Gasteiger partial charge is 0.0629 e. The van der Waals surface area contributed by atoms with E-state index in [0.29, 0.717) is 0 Å². The molecule has 0 aliphatic carbocycles. The van der Waals surface area contributed by atoms with Crippen molar-refractivity contribution < 1.29 is 0 Å². The number of benzene rings is 1. The molecule has 0 saturated heterocycles. The van der Waals surface area contributed by atoms with Gasteiger partial charge in [-0.05, 0) is 30.7 Å². The van der Waals surface area contributed by atoms with E-state index in [0.717, 1.165) is 10.6 Å². The number of hydrogen-bond donors (Lipinski definition) is 1. The lowest BCUT2D eigenvalue weighted by Gasteiger charge is -2.04. The Bertz CT molecular complexity index is 476. The number of aryl methyl sites for hydroxylation is 2. The van der Waals surface area contributed by atoms with Crippen LogP contribution in [0.4, 0.5) is 5.69 Å². The van der Waals surface area contributed by atoms with E-state index in [1.165, 1.54) is 10.5 Å². The summed E-state index contributed by atoms with van der Waals surface area (Å²) >= 11 is 1.70. The van der Waals surface area contributed by atoms with Crippen LogP contribution in [0.2, 0.25) is 0 Å². The Labute approximate surface area is 93.3 Å². The van der Waals surface area contributed by atoms with Crippen LogP contribution in [0.5, 0.6) is 0 Å². The van der Waals surface area contributed by atoms with Crippen molar-refractivity contribution in [3.8, 4) is 0 Å². The van der Waals surface area contributed by atoms with Gasteiger partial charge in [0.2, 0.25) is 0 Å². The molecule has 0 saturated carbocycles. The number of hydrogen-bond acceptors (Lipinski definition) is 3. The molecule has 2 rings (SSSR count). The van der Waals surface area contributed by atoms with Gasteiger partial charge in [0.05, 0.1) is 11.1 Å². The Hall–Kier alpha value is -1.42. The largest absolute Gasteiger partial charge is 0.399 e. The highest BCUT2D eigenvalue weighted by molar-refractivity contribution is 7.99. The summed E-state index contributed by atoms with van der Waals surface area (Å²) in [5.74, 6) is 0. The third kappa shape index (κ3) is 2.33. The van der Waals surface area contributed by atoms with Crippen molar-refractivity contribution in [3.63, 3.8) is 0 Å². The number of nitrogen functional groups attached to an aromatic ring is 1. The predicted octanol–water partition coefficient (Wildman–Crippen LogP) is 2.46. The Morgan fingerprint density at radius 1 is 1.40 bits per heavy atom. The number of anilines is 1. The highest BCUT2D eigenvalue weighted by atomic mass is 32.2. The van der Waals surface area contributed by atoms with Gasteiger partial charge in [-0.1, -0.05) is 11.8 Å². The third-order valence-corrected chi connectivity index (χ3v) is 3.23. The first-order chi connectivity index (χ1) is 7.15. The summed E-state index contributed by atoms with van der Waals surface area (Å²) in [6.07, 6.45) is 3.86. The van der Waals surface area contributed by atoms with E-state index in [2.05, 4.69) is 12.0 Å². The first kappa shape index (κ1) is 10.1. The van der Waals surface area contributed by atoms with Gasteiger partial charge >= 0.3 is 0 Å². The van der Waals surface area contributed by atoms with Gasteiger partial charge in [0.15, 0.2) is 0 Å². The van der Waals surface area contributed by atoms with Crippen LogP contribution in [0.1, 0.15) is 5.56 Å². The SMILES string of the molecule is Cc1cc(N)ccc1Sc1cnn(C)c1. The Morgan fingerprint density at radius 2 is 2.20 bits per heavy atom. The Morgan fingerprint density at radius 3 is 2.80 bits per heavy atom. The van der Waals surface area contributed by atoms with Crippen LogP contribution >= 0.6 is 11.8 Å². The zero-order valence-corrected chi connectivity index (χ0v) is 9.58. The molecule has 4 heteroatoms. The second-order valence-electron chi connectivity index (χ2n) is 3.48. The van der Waals surface area contributed by atoms with Crippen LogP contribution in [0.3, 0.4) is 0 Å². The minimum atomic E-state index is 0.808. The van der Waals surface area contributed by atoms with Crippen molar-refractivity contribution in [3.05, 3.63) is 36.2 Å². The Kier molecular flexibility index (Phi) is 2.68. The molecule has 78 valence electrons. The molecule has 0 aliphatic rings. The molecule has 0 radical (unpaired) electrons. The molecule has 15 heavy (non-hydrogen) atoms. The lowest BCUT2D eigenvalue weighted by molar-refractivity contribution is 0.766. The summed E-state index contributed by atoms with van der Waals surface area (Å²) in [7, 11) is 1.92.